The van der Waals surface area contributed by atoms with Crippen LogP contribution in [0.3, 0.4) is 0 Å². The molecule has 1 aliphatic heterocycles. The Labute approximate surface area is 200 Å². The highest BCUT2D eigenvalue weighted by molar-refractivity contribution is 14.0. The number of rotatable bonds is 7. The molecule has 3 unspecified atom stereocenters. The van der Waals surface area contributed by atoms with Crippen LogP contribution in [0, 0.1) is 0 Å². The Hall–Kier alpha value is -1.03. The molecule has 0 amide bonds. The van der Waals surface area contributed by atoms with Crippen LogP contribution >= 0.6 is 24.0 Å². The average Bonchev–Trinajstić information content (AvgIpc) is 3.20. The third-order valence-corrected chi connectivity index (χ3v) is 7.49. The zero-order chi connectivity index (χ0) is 20.9. The van der Waals surface area contributed by atoms with Crippen molar-refractivity contribution >= 4 is 40.7 Å². The Balaban J connectivity index is 0.00000320. The van der Waals surface area contributed by atoms with Gasteiger partial charge in [0.1, 0.15) is 0 Å². The minimum Gasteiger partial charge on any atom is -0.454 e. The Morgan fingerprint density at radius 2 is 2.00 bits per heavy atom. The molecule has 8 heteroatoms. The first kappa shape index (κ1) is 25.2. The van der Waals surface area contributed by atoms with Crippen molar-refractivity contribution in [2.45, 2.75) is 70.1 Å². The minimum absolute atomic E-state index is 0. The summed E-state index contributed by atoms with van der Waals surface area (Å²) in [6.45, 7) is 10.2. The molecule has 0 bridgehead atoms. The number of benzene rings is 1. The molecule has 1 aromatic carbocycles. The average molecular weight is 550 g/mol. The molecule has 6 nitrogen and oxygen atoms in total. The molecule has 170 valence electrons. The smallest absolute Gasteiger partial charge is 0.231 e. The molecule has 30 heavy (non-hydrogen) atoms. The fourth-order valence-corrected chi connectivity index (χ4v) is 5.30. The van der Waals surface area contributed by atoms with Crippen molar-refractivity contribution in [1.82, 2.24) is 10.6 Å². The number of nitrogens with zero attached hydrogens (tertiary/aromatic N) is 1. The van der Waals surface area contributed by atoms with Crippen LogP contribution in [0.5, 0.6) is 11.5 Å². The van der Waals surface area contributed by atoms with Gasteiger partial charge in [-0.05, 0) is 43.9 Å². The van der Waals surface area contributed by atoms with Crippen molar-refractivity contribution in [2.75, 3.05) is 25.6 Å². The number of aliphatic imine (C=N–C) groups is 1. The summed E-state index contributed by atoms with van der Waals surface area (Å²) in [7, 11) is -0.718. The molecule has 1 aliphatic carbocycles. The fraction of sp³-hybridized carbons (Fsp3) is 0.682. The van der Waals surface area contributed by atoms with Gasteiger partial charge >= 0.3 is 0 Å². The van der Waals surface area contributed by atoms with Gasteiger partial charge in [0, 0.05) is 39.8 Å². The van der Waals surface area contributed by atoms with Crippen LogP contribution in [-0.4, -0.2) is 47.1 Å². The molecule has 1 fully saturated rings. The third kappa shape index (κ3) is 6.48. The molecular weight excluding hydrogens is 513 g/mol. The van der Waals surface area contributed by atoms with Crippen LogP contribution in [0.25, 0.3) is 0 Å². The lowest BCUT2D eigenvalue weighted by Gasteiger charge is -2.30. The lowest BCUT2D eigenvalue weighted by molar-refractivity contribution is 0.174. The first-order valence-electron chi connectivity index (χ1n) is 10.7. The summed E-state index contributed by atoms with van der Waals surface area (Å²) in [5.74, 6) is 3.20. The number of guanidine groups is 1. The summed E-state index contributed by atoms with van der Waals surface area (Å²) in [6.07, 6.45) is 4.25. The summed E-state index contributed by atoms with van der Waals surface area (Å²) in [5.41, 5.74) is 1.04. The first-order valence-corrected chi connectivity index (χ1v) is 12.1. The second-order valence-corrected chi connectivity index (χ2v) is 10.5. The summed E-state index contributed by atoms with van der Waals surface area (Å²) in [4.78, 5) is 4.89. The maximum atomic E-state index is 12.2. The summed E-state index contributed by atoms with van der Waals surface area (Å²) in [5, 5.41) is 7.27. The van der Waals surface area contributed by atoms with E-state index >= 15 is 0 Å². The molecule has 1 saturated carbocycles. The quantitative estimate of drug-likeness (QED) is 0.306. The fourth-order valence-electron chi connectivity index (χ4n) is 3.95. The van der Waals surface area contributed by atoms with E-state index in [4.69, 9.17) is 14.5 Å². The van der Waals surface area contributed by atoms with Gasteiger partial charge in [0.2, 0.25) is 6.79 Å². The van der Waals surface area contributed by atoms with E-state index in [2.05, 4.69) is 43.5 Å². The minimum atomic E-state index is -0.718. The van der Waals surface area contributed by atoms with E-state index < -0.39 is 10.8 Å². The Morgan fingerprint density at radius 3 is 2.73 bits per heavy atom. The summed E-state index contributed by atoms with van der Waals surface area (Å²) >= 11 is 0. The van der Waals surface area contributed by atoms with Crippen LogP contribution in [-0.2, 0) is 16.2 Å². The maximum absolute atomic E-state index is 12.2. The molecule has 1 aromatic rings. The van der Waals surface area contributed by atoms with Crippen LogP contribution in [0.1, 0.15) is 58.9 Å². The van der Waals surface area contributed by atoms with Gasteiger partial charge in [-0.1, -0.05) is 33.3 Å². The van der Waals surface area contributed by atoms with E-state index in [-0.39, 0.29) is 36.2 Å². The van der Waals surface area contributed by atoms with E-state index in [1.54, 1.807) is 0 Å². The van der Waals surface area contributed by atoms with Gasteiger partial charge in [-0.3, -0.25) is 9.20 Å². The van der Waals surface area contributed by atoms with Gasteiger partial charge in [-0.2, -0.15) is 0 Å². The molecule has 1 heterocycles. The topological polar surface area (TPSA) is 72.0 Å². The Bertz CT molecular complexity index is 757. The van der Waals surface area contributed by atoms with Gasteiger partial charge in [-0.25, -0.2) is 0 Å². The van der Waals surface area contributed by atoms with Crippen molar-refractivity contribution in [3.8, 4) is 11.5 Å². The SMILES string of the molecule is CCNC(=NCC(C)(C)c1ccc2c(c1)OCO2)NC1CCCC(S(=O)CC)C1.I. The lowest BCUT2D eigenvalue weighted by Crippen LogP contribution is -2.47. The molecule has 0 radical (unpaired) electrons. The molecule has 3 rings (SSSR count). The maximum Gasteiger partial charge on any atom is 0.231 e. The van der Waals surface area contributed by atoms with Crippen molar-refractivity contribution < 1.29 is 13.7 Å². The summed E-state index contributed by atoms with van der Waals surface area (Å²) in [6, 6.07) is 6.46. The zero-order valence-electron chi connectivity index (χ0n) is 18.5. The number of ether oxygens (including phenoxy) is 2. The molecular formula is C22H36IN3O3S. The Morgan fingerprint density at radius 1 is 1.23 bits per heavy atom. The number of fused-ring (bicyclic) bond motifs is 1. The molecule has 3 atom stereocenters. The van der Waals surface area contributed by atoms with E-state index in [1.807, 2.05) is 13.0 Å². The van der Waals surface area contributed by atoms with Crippen LogP contribution < -0.4 is 20.1 Å². The van der Waals surface area contributed by atoms with Crippen molar-refractivity contribution in [1.29, 1.82) is 0 Å². The van der Waals surface area contributed by atoms with Gasteiger partial charge in [-0.15, -0.1) is 24.0 Å². The predicted octanol–water partition coefficient (Wildman–Crippen LogP) is 3.95. The highest BCUT2D eigenvalue weighted by atomic mass is 127. The highest BCUT2D eigenvalue weighted by Crippen LogP contribution is 2.36. The van der Waals surface area contributed by atoms with Gasteiger partial charge < -0.3 is 20.1 Å². The van der Waals surface area contributed by atoms with Crippen LogP contribution in [0.15, 0.2) is 23.2 Å². The zero-order valence-corrected chi connectivity index (χ0v) is 21.7. The number of hydrogen-bond donors (Lipinski definition) is 2. The van der Waals surface area contributed by atoms with E-state index in [9.17, 15) is 4.21 Å². The lowest BCUT2D eigenvalue weighted by atomic mass is 9.84. The monoisotopic (exact) mass is 549 g/mol. The molecule has 0 spiro atoms. The Kier molecular flexibility index (Phi) is 9.71. The van der Waals surface area contributed by atoms with Crippen LogP contribution in [0.2, 0.25) is 0 Å². The molecule has 2 N–H and O–H groups in total. The van der Waals surface area contributed by atoms with Crippen molar-refractivity contribution in [3.05, 3.63) is 23.8 Å². The largest absolute Gasteiger partial charge is 0.454 e. The second-order valence-electron chi connectivity index (χ2n) is 8.45. The standard InChI is InChI=1S/C22H35N3O3S.HI/c1-5-23-21(25-17-8-7-9-18(13-17)29(26)6-2)24-14-22(3,4)16-10-11-19-20(12-16)28-15-27-19;/h10-12,17-18H,5-9,13-15H2,1-4H3,(H2,23,24,25);1H. The van der Waals surface area contributed by atoms with E-state index in [1.165, 1.54) is 5.56 Å². The molecule has 0 saturated heterocycles. The van der Waals surface area contributed by atoms with Crippen molar-refractivity contribution in [3.63, 3.8) is 0 Å². The van der Waals surface area contributed by atoms with Crippen molar-refractivity contribution in [2.24, 2.45) is 4.99 Å². The normalized spacial score (nSPS) is 22.2. The first-order chi connectivity index (χ1) is 13.9. The molecule has 2 aliphatic rings. The van der Waals surface area contributed by atoms with Gasteiger partial charge in [0.25, 0.3) is 0 Å². The van der Waals surface area contributed by atoms with Gasteiger partial charge in [0.15, 0.2) is 17.5 Å². The number of hydrogen-bond acceptors (Lipinski definition) is 4. The number of halogens is 1. The molecule has 0 aromatic heterocycles. The highest BCUT2D eigenvalue weighted by Gasteiger charge is 2.27. The van der Waals surface area contributed by atoms with E-state index in [0.717, 1.165) is 55.4 Å². The van der Waals surface area contributed by atoms with E-state index in [0.29, 0.717) is 17.8 Å². The van der Waals surface area contributed by atoms with Crippen LogP contribution in [0.4, 0.5) is 0 Å². The predicted molar refractivity (Wildman–Crippen MR) is 135 cm³/mol. The van der Waals surface area contributed by atoms with Gasteiger partial charge in [0.05, 0.1) is 6.54 Å². The third-order valence-electron chi connectivity index (χ3n) is 5.75. The summed E-state index contributed by atoms with van der Waals surface area (Å²) < 4.78 is 23.2. The second kappa shape index (κ2) is 11.5. The number of nitrogens with one attached hydrogen (secondary N) is 2.